The van der Waals surface area contributed by atoms with Crippen LogP contribution in [0, 0.1) is 6.92 Å². The highest BCUT2D eigenvalue weighted by atomic mass is 19.4. The standard InChI is InChI=1S/C11H14F5N3O/c1-3-17-8-4-7(2)18-9(19-8)5-20-6-10(12,13)11(14,15)16/h4H,3,5-6H2,1-2H3,(H,17,18,19). The van der Waals surface area contributed by atoms with Gasteiger partial charge < -0.3 is 10.1 Å². The minimum Gasteiger partial charge on any atom is -0.370 e. The van der Waals surface area contributed by atoms with Crippen LogP contribution in [-0.2, 0) is 11.3 Å². The van der Waals surface area contributed by atoms with Gasteiger partial charge in [-0.1, -0.05) is 0 Å². The van der Waals surface area contributed by atoms with Crippen LogP contribution in [0.2, 0.25) is 0 Å². The van der Waals surface area contributed by atoms with Crippen LogP contribution in [0.15, 0.2) is 6.07 Å². The minimum atomic E-state index is -5.63. The fraction of sp³-hybridized carbons (Fsp3) is 0.636. The van der Waals surface area contributed by atoms with Crippen LogP contribution in [0.5, 0.6) is 0 Å². The van der Waals surface area contributed by atoms with Crippen LogP contribution >= 0.6 is 0 Å². The molecule has 0 fully saturated rings. The second kappa shape index (κ2) is 6.29. The van der Waals surface area contributed by atoms with E-state index < -0.39 is 25.3 Å². The van der Waals surface area contributed by atoms with Gasteiger partial charge in [0.15, 0.2) is 5.82 Å². The van der Waals surface area contributed by atoms with Gasteiger partial charge in [-0.15, -0.1) is 0 Å². The van der Waals surface area contributed by atoms with Crippen molar-refractivity contribution in [1.82, 2.24) is 9.97 Å². The minimum absolute atomic E-state index is 0.0407. The Hall–Kier alpha value is -1.51. The summed E-state index contributed by atoms with van der Waals surface area (Å²) in [4.78, 5) is 7.83. The van der Waals surface area contributed by atoms with E-state index in [2.05, 4.69) is 20.0 Å². The Kier molecular flexibility index (Phi) is 5.21. The van der Waals surface area contributed by atoms with E-state index in [9.17, 15) is 22.0 Å². The topological polar surface area (TPSA) is 47.0 Å². The monoisotopic (exact) mass is 299 g/mol. The van der Waals surface area contributed by atoms with E-state index >= 15 is 0 Å². The lowest BCUT2D eigenvalue weighted by atomic mass is 10.3. The number of anilines is 1. The molecule has 20 heavy (non-hydrogen) atoms. The number of aromatic nitrogens is 2. The van der Waals surface area contributed by atoms with Gasteiger partial charge >= 0.3 is 12.1 Å². The number of nitrogens with one attached hydrogen (secondary N) is 1. The summed E-state index contributed by atoms with van der Waals surface area (Å²) in [6, 6.07) is 1.62. The summed E-state index contributed by atoms with van der Waals surface area (Å²) in [5.74, 6) is -4.39. The first kappa shape index (κ1) is 16.5. The first-order valence-electron chi connectivity index (χ1n) is 5.76. The van der Waals surface area contributed by atoms with E-state index in [4.69, 9.17) is 0 Å². The van der Waals surface area contributed by atoms with Crippen LogP contribution in [0.1, 0.15) is 18.4 Å². The molecule has 0 unspecified atom stereocenters. The molecule has 1 N–H and O–H groups in total. The summed E-state index contributed by atoms with van der Waals surface area (Å²) in [6.45, 7) is 1.78. The number of ether oxygens (including phenoxy) is 1. The molecule has 0 spiro atoms. The quantitative estimate of drug-likeness (QED) is 0.820. The fourth-order valence-electron chi connectivity index (χ4n) is 1.32. The summed E-state index contributed by atoms with van der Waals surface area (Å²) in [5, 5.41) is 2.88. The molecule has 0 aliphatic carbocycles. The summed E-state index contributed by atoms with van der Waals surface area (Å²) in [6.07, 6.45) is -5.63. The Labute approximate surface area is 112 Å². The lowest BCUT2D eigenvalue weighted by molar-refractivity contribution is -0.297. The van der Waals surface area contributed by atoms with Crippen molar-refractivity contribution in [3.8, 4) is 0 Å². The third kappa shape index (κ3) is 4.55. The van der Waals surface area contributed by atoms with Crippen molar-refractivity contribution >= 4 is 5.82 Å². The van der Waals surface area contributed by atoms with Gasteiger partial charge in [-0.2, -0.15) is 22.0 Å². The Balaban J connectivity index is 2.62. The number of rotatable bonds is 6. The number of alkyl halides is 5. The first-order chi connectivity index (χ1) is 9.15. The molecule has 9 heteroatoms. The molecule has 4 nitrogen and oxygen atoms in total. The van der Waals surface area contributed by atoms with Crippen molar-refractivity contribution in [2.45, 2.75) is 32.6 Å². The Morgan fingerprint density at radius 2 is 1.85 bits per heavy atom. The highest BCUT2D eigenvalue weighted by molar-refractivity contribution is 5.35. The molecule has 1 rings (SSSR count). The zero-order valence-corrected chi connectivity index (χ0v) is 10.9. The third-order valence-corrected chi connectivity index (χ3v) is 2.19. The molecule has 1 aromatic heterocycles. The van der Waals surface area contributed by atoms with Crippen LogP contribution in [0.3, 0.4) is 0 Å². The van der Waals surface area contributed by atoms with Crippen molar-refractivity contribution in [1.29, 1.82) is 0 Å². The van der Waals surface area contributed by atoms with Crippen molar-refractivity contribution in [2.24, 2.45) is 0 Å². The molecule has 0 aliphatic heterocycles. The molecule has 0 saturated carbocycles. The average molecular weight is 299 g/mol. The summed E-state index contributed by atoms with van der Waals surface area (Å²) >= 11 is 0. The fourth-order valence-corrected chi connectivity index (χ4v) is 1.32. The maximum absolute atomic E-state index is 12.6. The second-order valence-electron chi connectivity index (χ2n) is 4.04. The van der Waals surface area contributed by atoms with Crippen molar-refractivity contribution in [3.05, 3.63) is 17.6 Å². The molecular weight excluding hydrogens is 285 g/mol. The van der Waals surface area contributed by atoms with Gasteiger partial charge in [0.1, 0.15) is 19.0 Å². The van der Waals surface area contributed by atoms with E-state index in [0.29, 0.717) is 18.1 Å². The highest BCUT2D eigenvalue weighted by Crippen LogP contribution is 2.35. The summed E-state index contributed by atoms with van der Waals surface area (Å²) in [7, 11) is 0. The molecule has 0 atom stereocenters. The van der Waals surface area contributed by atoms with Crippen LogP contribution in [-0.4, -0.2) is 35.2 Å². The zero-order chi connectivity index (χ0) is 15.4. The van der Waals surface area contributed by atoms with Gasteiger partial charge in [0.25, 0.3) is 0 Å². The molecule has 0 radical (unpaired) electrons. The maximum Gasteiger partial charge on any atom is 0.455 e. The van der Waals surface area contributed by atoms with Crippen LogP contribution < -0.4 is 5.32 Å². The molecule has 114 valence electrons. The lowest BCUT2D eigenvalue weighted by Crippen LogP contribution is -2.40. The molecule has 1 heterocycles. The van der Waals surface area contributed by atoms with E-state index in [1.54, 1.807) is 13.0 Å². The summed E-state index contributed by atoms with van der Waals surface area (Å²) in [5.41, 5.74) is 0.553. The second-order valence-corrected chi connectivity index (χ2v) is 4.04. The van der Waals surface area contributed by atoms with E-state index in [1.165, 1.54) is 0 Å². The first-order valence-corrected chi connectivity index (χ1v) is 5.76. The van der Waals surface area contributed by atoms with E-state index in [1.807, 2.05) is 6.92 Å². The van der Waals surface area contributed by atoms with E-state index in [-0.39, 0.29) is 5.82 Å². The molecule has 0 aromatic carbocycles. The van der Waals surface area contributed by atoms with Crippen molar-refractivity contribution in [3.63, 3.8) is 0 Å². The van der Waals surface area contributed by atoms with Crippen LogP contribution in [0.4, 0.5) is 27.8 Å². The van der Waals surface area contributed by atoms with Gasteiger partial charge in [-0.05, 0) is 13.8 Å². The smallest absolute Gasteiger partial charge is 0.370 e. The van der Waals surface area contributed by atoms with Gasteiger partial charge in [-0.25, -0.2) is 9.97 Å². The zero-order valence-electron chi connectivity index (χ0n) is 10.9. The highest BCUT2D eigenvalue weighted by Gasteiger charge is 2.57. The number of hydrogen-bond donors (Lipinski definition) is 1. The Bertz CT molecular complexity index is 450. The largest absolute Gasteiger partial charge is 0.455 e. The molecular formula is C11H14F5N3O. The third-order valence-electron chi connectivity index (χ3n) is 2.19. The summed E-state index contributed by atoms with van der Waals surface area (Å²) < 4.78 is 65.3. The number of nitrogens with zero attached hydrogens (tertiary/aromatic N) is 2. The maximum atomic E-state index is 12.6. The molecule has 0 amide bonds. The number of hydrogen-bond acceptors (Lipinski definition) is 4. The van der Waals surface area contributed by atoms with Gasteiger partial charge in [0, 0.05) is 18.3 Å². The average Bonchev–Trinajstić information content (AvgIpc) is 2.26. The van der Waals surface area contributed by atoms with Gasteiger partial charge in [-0.3, -0.25) is 0 Å². The van der Waals surface area contributed by atoms with Crippen molar-refractivity contribution in [2.75, 3.05) is 18.5 Å². The van der Waals surface area contributed by atoms with Crippen LogP contribution in [0.25, 0.3) is 0 Å². The Morgan fingerprint density at radius 1 is 1.20 bits per heavy atom. The van der Waals surface area contributed by atoms with E-state index in [0.717, 1.165) is 0 Å². The molecule has 0 saturated heterocycles. The van der Waals surface area contributed by atoms with Gasteiger partial charge in [0.05, 0.1) is 0 Å². The molecule has 1 aromatic rings. The SMILES string of the molecule is CCNc1cc(C)nc(COCC(F)(F)C(F)(F)F)n1. The van der Waals surface area contributed by atoms with Gasteiger partial charge in [0.2, 0.25) is 0 Å². The predicted molar refractivity (Wildman–Crippen MR) is 61.6 cm³/mol. The molecule has 0 bridgehead atoms. The number of aryl methyl sites for hydroxylation is 1. The number of halogens is 5. The lowest BCUT2D eigenvalue weighted by Gasteiger charge is -2.19. The normalized spacial score (nSPS) is 12.6. The molecule has 0 aliphatic rings. The van der Waals surface area contributed by atoms with Crippen molar-refractivity contribution < 1.29 is 26.7 Å². The predicted octanol–water partition coefficient (Wildman–Crippen LogP) is 2.93. The Morgan fingerprint density at radius 3 is 2.40 bits per heavy atom.